The molecule has 0 bridgehead atoms. The first-order valence-corrected chi connectivity index (χ1v) is 11.8. The van der Waals surface area contributed by atoms with Gasteiger partial charge in [-0.1, -0.05) is 35.9 Å². The first-order chi connectivity index (χ1) is 18.0. The van der Waals surface area contributed by atoms with Crippen molar-refractivity contribution in [1.82, 2.24) is 9.97 Å². The Kier molecular flexibility index (Phi) is 6.01. The van der Waals surface area contributed by atoms with Crippen molar-refractivity contribution in [3.05, 3.63) is 101 Å². The van der Waals surface area contributed by atoms with Crippen LogP contribution in [0, 0.1) is 6.92 Å². The number of nitrogens with zero attached hydrogens (tertiary/aromatic N) is 3. The highest BCUT2D eigenvalue weighted by atomic mass is 19.4. The Morgan fingerprint density at radius 3 is 2.29 bits per heavy atom. The summed E-state index contributed by atoms with van der Waals surface area (Å²) in [6.07, 6.45) is -1.69. The van der Waals surface area contributed by atoms with E-state index in [0.29, 0.717) is 28.1 Å². The number of hydrogen-bond acceptors (Lipinski definition) is 4. The van der Waals surface area contributed by atoms with Crippen LogP contribution in [0.2, 0.25) is 0 Å². The van der Waals surface area contributed by atoms with Gasteiger partial charge in [0.25, 0.3) is 5.91 Å². The van der Waals surface area contributed by atoms with Gasteiger partial charge in [0.15, 0.2) is 0 Å². The van der Waals surface area contributed by atoms with Crippen molar-refractivity contribution in [2.24, 2.45) is 0 Å². The number of hydrogen-bond donors (Lipinski definition) is 1. The molecule has 192 valence electrons. The minimum atomic E-state index is -4.74. The van der Waals surface area contributed by atoms with Crippen molar-refractivity contribution in [3.63, 3.8) is 0 Å². The summed E-state index contributed by atoms with van der Waals surface area (Å²) in [5.41, 5.74) is 0.801. The van der Waals surface area contributed by atoms with Crippen LogP contribution in [0.15, 0.2) is 79.1 Å². The number of aryl methyl sites for hydroxylation is 1. The topological polar surface area (TPSA) is 75.2 Å². The number of halogens is 3. The van der Waals surface area contributed by atoms with E-state index in [1.807, 2.05) is 6.92 Å². The Balaban J connectivity index is 1.64. The van der Waals surface area contributed by atoms with Gasteiger partial charge in [-0.15, -0.1) is 0 Å². The van der Waals surface area contributed by atoms with Crippen molar-refractivity contribution >= 4 is 29.1 Å². The molecule has 6 nitrogen and oxygen atoms in total. The molecular formula is C29H23F3N4O2. The van der Waals surface area contributed by atoms with E-state index >= 15 is 0 Å². The Morgan fingerprint density at radius 1 is 0.947 bits per heavy atom. The summed E-state index contributed by atoms with van der Waals surface area (Å²) in [6, 6.07) is 17.0. The first kappa shape index (κ1) is 25.1. The molecule has 0 unspecified atom stereocenters. The largest absolute Gasteiger partial charge is 0.417 e. The number of carbonyl (C=O) groups is 2. The second-order valence-electron chi connectivity index (χ2n) is 9.59. The molecule has 2 amide bonds. The second kappa shape index (κ2) is 9.09. The molecule has 0 saturated carbocycles. The van der Waals surface area contributed by atoms with E-state index in [1.165, 1.54) is 29.4 Å². The van der Waals surface area contributed by atoms with Crippen LogP contribution in [0.1, 0.15) is 40.9 Å². The third-order valence-electron chi connectivity index (χ3n) is 6.59. The van der Waals surface area contributed by atoms with Gasteiger partial charge in [-0.05, 0) is 73.9 Å². The SMILES string of the molecule is Cc1ccc(NC(=O)c2cc(-c3cccc4c3C(C)(C)C(=O)N4c3ncccn3)ccc2C(F)(F)F)cc1. The molecule has 0 atom stereocenters. The summed E-state index contributed by atoms with van der Waals surface area (Å²) >= 11 is 0. The minimum absolute atomic E-state index is 0.201. The highest BCUT2D eigenvalue weighted by molar-refractivity contribution is 6.13. The zero-order valence-corrected chi connectivity index (χ0v) is 20.8. The van der Waals surface area contributed by atoms with Crippen LogP contribution in [0.5, 0.6) is 0 Å². The fraction of sp³-hybridized carbons (Fsp3) is 0.172. The monoisotopic (exact) mass is 516 g/mol. The van der Waals surface area contributed by atoms with E-state index < -0.39 is 28.6 Å². The van der Waals surface area contributed by atoms with E-state index in [0.717, 1.165) is 11.6 Å². The predicted octanol–water partition coefficient (Wildman–Crippen LogP) is 6.68. The molecule has 0 fully saturated rings. The normalized spacial score (nSPS) is 14.4. The number of alkyl halides is 3. The lowest BCUT2D eigenvalue weighted by Gasteiger charge is -2.21. The second-order valence-corrected chi connectivity index (χ2v) is 9.59. The first-order valence-electron chi connectivity index (χ1n) is 11.8. The fourth-order valence-corrected chi connectivity index (χ4v) is 4.71. The Labute approximate surface area is 217 Å². The summed E-state index contributed by atoms with van der Waals surface area (Å²) in [6.45, 7) is 5.36. The quantitative estimate of drug-likeness (QED) is 0.328. The lowest BCUT2D eigenvalue weighted by molar-refractivity contribution is -0.137. The van der Waals surface area contributed by atoms with E-state index in [4.69, 9.17) is 0 Å². The van der Waals surface area contributed by atoms with E-state index in [1.54, 1.807) is 62.4 Å². The maximum absolute atomic E-state index is 13.9. The lowest BCUT2D eigenvalue weighted by atomic mass is 9.81. The zero-order chi connectivity index (χ0) is 27.2. The number of benzene rings is 3. The van der Waals surface area contributed by atoms with Gasteiger partial charge in [0.2, 0.25) is 11.9 Å². The maximum Gasteiger partial charge on any atom is 0.417 e. The standard InChI is InChI=1S/C29H23F3N4O2/c1-17-8-11-19(12-9-17)35-25(37)21-16-18(10-13-22(21)29(30,31)32)20-6-4-7-23-24(20)28(2,3)26(38)36(23)27-33-14-5-15-34-27/h4-16H,1-3H3,(H,35,37). The third-order valence-corrected chi connectivity index (χ3v) is 6.59. The predicted molar refractivity (Wildman–Crippen MR) is 138 cm³/mol. The third kappa shape index (κ3) is 4.30. The summed E-state index contributed by atoms with van der Waals surface area (Å²) in [4.78, 5) is 36.4. The van der Waals surface area contributed by atoms with Gasteiger partial charge in [-0.25, -0.2) is 14.9 Å². The van der Waals surface area contributed by atoms with Crippen LogP contribution in [0.25, 0.3) is 11.1 Å². The Hall–Kier alpha value is -4.53. The van der Waals surface area contributed by atoms with Crippen molar-refractivity contribution in [2.45, 2.75) is 32.4 Å². The van der Waals surface area contributed by atoms with Crippen LogP contribution < -0.4 is 10.2 Å². The number of aromatic nitrogens is 2. The number of amides is 2. The zero-order valence-electron chi connectivity index (χ0n) is 20.8. The van der Waals surface area contributed by atoms with Crippen LogP contribution in [-0.2, 0) is 16.4 Å². The molecule has 38 heavy (non-hydrogen) atoms. The summed E-state index contributed by atoms with van der Waals surface area (Å²) in [5.74, 6) is -0.951. The summed E-state index contributed by atoms with van der Waals surface area (Å²) in [5, 5.41) is 2.56. The van der Waals surface area contributed by atoms with E-state index in [2.05, 4.69) is 15.3 Å². The average Bonchev–Trinajstić information content (AvgIpc) is 3.10. The molecule has 0 saturated heterocycles. The molecule has 2 heterocycles. The van der Waals surface area contributed by atoms with Crippen molar-refractivity contribution in [2.75, 3.05) is 10.2 Å². The molecule has 5 rings (SSSR count). The number of fused-ring (bicyclic) bond motifs is 1. The number of nitrogens with one attached hydrogen (secondary N) is 1. The molecule has 1 aliphatic heterocycles. The van der Waals surface area contributed by atoms with Gasteiger partial charge in [0, 0.05) is 18.1 Å². The Morgan fingerprint density at radius 2 is 1.63 bits per heavy atom. The van der Waals surface area contributed by atoms with Crippen molar-refractivity contribution < 1.29 is 22.8 Å². The van der Waals surface area contributed by atoms with Gasteiger partial charge in [-0.3, -0.25) is 9.59 Å². The molecule has 3 aromatic carbocycles. The molecule has 0 spiro atoms. The lowest BCUT2D eigenvalue weighted by Crippen LogP contribution is -2.34. The van der Waals surface area contributed by atoms with Crippen LogP contribution in [-0.4, -0.2) is 21.8 Å². The van der Waals surface area contributed by atoms with Gasteiger partial charge in [0.05, 0.1) is 22.2 Å². The van der Waals surface area contributed by atoms with Crippen LogP contribution >= 0.6 is 0 Å². The molecular weight excluding hydrogens is 493 g/mol. The van der Waals surface area contributed by atoms with Gasteiger partial charge >= 0.3 is 6.18 Å². The van der Waals surface area contributed by atoms with Crippen LogP contribution in [0.4, 0.5) is 30.5 Å². The highest BCUT2D eigenvalue weighted by Crippen LogP contribution is 2.49. The van der Waals surface area contributed by atoms with E-state index in [-0.39, 0.29) is 11.9 Å². The number of anilines is 3. The summed E-state index contributed by atoms with van der Waals surface area (Å²) < 4.78 is 41.8. The molecule has 0 aliphatic carbocycles. The van der Waals surface area contributed by atoms with Crippen molar-refractivity contribution in [3.8, 4) is 11.1 Å². The average molecular weight is 517 g/mol. The minimum Gasteiger partial charge on any atom is -0.322 e. The molecule has 9 heteroatoms. The van der Waals surface area contributed by atoms with Gasteiger partial charge in [-0.2, -0.15) is 13.2 Å². The summed E-state index contributed by atoms with van der Waals surface area (Å²) in [7, 11) is 0. The highest BCUT2D eigenvalue weighted by Gasteiger charge is 2.47. The van der Waals surface area contributed by atoms with Gasteiger partial charge < -0.3 is 5.32 Å². The molecule has 1 aromatic heterocycles. The smallest absolute Gasteiger partial charge is 0.322 e. The van der Waals surface area contributed by atoms with Crippen molar-refractivity contribution in [1.29, 1.82) is 0 Å². The fourth-order valence-electron chi connectivity index (χ4n) is 4.71. The molecule has 1 N–H and O–H groups in total. The number of rotatable bonds is 4. The van der Waals surface area contributed by atoms with E-state index in [9.17, 15) is 22.8 Å². The molecule has 0 radical (unpaired) electrons. The van der Waals surface area contributed by atoms with Crippen LogP contribution in [0.3, 0.4) is 0 Å². The number of carbonyl (C=O) groups excluding carboxylic acids is 2. The molecule has 4 aromatic rings. The molecule has 1 aliphatic rings. The Bertz CT molecular complexity index is 1550. The van der Waals surface area contributed by atoms with Gasteiger partial charge in [0.1, 0.15) is 0 Å². The maximum atomic E-state index is 13.9.